The molecule has 1 aromatic carbocycles. The quantitative estimate of drug-likeness (QED) is 0.555. The van der Waals surface area contributed by atoms with Crippen molar-refractivity contribution >= 4 is 20.9 Å². The molecule has 33 heavy (non-hydrogen) atoms. The van der Waals surface area contributed by atoms with Crippen LogP contribution in [0.1, 0.15) is 43.6 Å². The summed E-state index contributed by atoms with van der Waals surface area (Å²) in [7, 11) is 0.101. The fourth-order valence-corrected chi connectivity index (χ4v) is 6.13. The van der Waals surface area contributed by atoms with Gasteiger partial charge in [-0.1, -0.05) is 6.07 Å². The molecule has 1 saturated heterocycles. The number of sulfonamides is 1. The SMILES string of the molecule is COC(O)N1CC[C@H](NS(C)(=O)=O)[C@H](COC2CCC(c3ccc4c(cnn4C)c3)CC2)C1. The first-order valence-corrected chi connectivity index (χ1v) is 13.6. The molecule has 2 fully saturated rings. The maximum absolute atomic E-state index is 11.8. The molecule has 10 heteroatoms. The van der Waals surface area contributed by atoms with E-state index in [2.05, 4.69) is 28.0 Å². The van der Waals surface area contributed by atoms with Gasteiger partial charge in [0.15, 0.2) is 0 Å². The highest BCUT2D eigenvalue weighted by Crippen LogP contribution is 2.35. The first kappa shape index (κ1) is 24.6. The lowest BCUT2D eigenvalue weighted by molar-refractivity contribution is -0.190. The number of aliphatic hydroxyl groups excluding tert-OH is 1. The molecule has 4 rings (SSSR count). The molecule has 2 aliphatic rings. The minimum Gasteiger partial charge on any atom is -0.378 e. The summed E-state index contributed by atoms with van der Waals surface area (Å²) < 4.78 is 39.7. The normalized spacial score (nSPS) is 28.2. The summed E-state index contributed by atoms with van der Waals surface area (Å²) >= 11 is 0. The summed E-state index contributed by atoms with van der Waals surface area (Å²) in [6.45, 7) is 1.53. The second kappa shape index (κ2) is 10.4. The van der Waals surface area contributed by atoms with Crippen molar-refractivity contribution in [3.63, 3.8) is 0 Å². The Labute approximate surface area is 196 Å². The summed E-state index contributed by atoms with van der Waals surface area (Å²) in [6.07, 6.45) is 7.00. The van der Waals surface area contributed by atoms with Gasteiger partial charge < -0.3 is 14.6 Å². The largest absolute Gasteiger partial charge is 0.378 e. The zero-order valence-electron chi connectivity index (χ0n) is 19.7. The Bertz CT molecular complexity index is 1030. The highest BCUT2D eigenvalue weighted by atomic mass is 32.2. The van der Waals surface area contributed by atoms with Crippen LogP contribution in [0.3, 0.4) is 0 Å². The van der Waals surface area contributed by atoms with E-state index in [0.29, 0.717) is 32.0 Å². The maximum atomic E-state index is 11.8. The Morgan fingerprint density at radius 1 is 1.24 bits per heavy atom. The smallest absolute Gasteiger partial charge is 0.215 e. The minimum absolute atomic E-state index is 0.0519. The van der Waals surface area contributed by atoms with Gasteiger partial charge in [-0.3, -0.25) is 9.58 Å². The lowest BCUT2D eigenvalue weighted by atomic mass is 9.82. The molecule has 2 aromatic rings. The van der Waals surface area contributed by atoms with Gasteiger partial charge in [0.2, 0.25) is 16.4 Å². The van der Waals surface area contributed by atoms with E-state index < -0.39 is 16.4 Å². The summed E-state index contributed by atoms with van der Waals surface area (Å²) in [4.78, 5) is 1.82. The molecule has 1 aliphatic carbocycles. The average molecular weight is 481 g/mol. The molecular formula is C23H36N4O5S. The third-order valence-corrected chi connectivity index (χ3v) is 7.85. The Hall–Kier alpha value is -1.56. The van der Waals surface area contributed by atoms with Crippen LogP contribution in [0.4, 0.5) is 0 Å². The molecule has 1 unspecified atom stereocenters. The number of aromatic nitrogens is 2. The molecule has 0 radical (unpaired) electrons. The van der Waals surface area contributed by atoms with Crippen molar-refractivity contribution in [2.24, 2.45) is 13.0 Å². The van der Waals surface area contributed by atoms with Crippen molar-refractivity contribution in [3.05, 3.63) is 30.0 Å². The molecule has 1 aromatic heterocycles. The van der Waals surface area contributed by atoms with Crippen molar-refractivity contribution in [3.8, 4) is 0 Å². The molecule has 1 saturated carbocycles. The first-order chi connectivity index (χ1) is 15.7. The van der Waals surface area contributed by atoms with Crippen molar-refractivity contribution in [1.82, 2.24) is 19.4 Å². The van der Waals surface area contributed by atoms with Crippen LogP contribution in [0.5, 0.6) is 0 Å². The number of hydrogen-bond acceptors (Lipinski definition) is 7. The van der Waals surface area contributed by atoms with Gasteiger partial charge in [0.25, 0.3) is 0 Å². The van der Waals surface area contributed by atoms with E-state index in [1.807, 2.05) is 22.8 Å². The third kappa shape index (κ3) is 6.12. The molecule has 2 heterocycles. The fourth-order valence-electron chi connectivity index (χ4n) is 5.27. The van der Waals surface area contributed by atoms with Crippen molar-refractivity contribution in [1.29, 1.82) is 0 Å². The molecule has 2 N–H and O–H groups in total. The van der Waals surface area contributed by atoms with E-state index in [9.17, 15) is 13.5 Å². The molecule has 0 spiro atoms. The van der Waals surface area contributed by atoms with Crippen molar-refractivity contribution in [2.45, 2.75) is 56.6 Å². The van der Waals surface area contributed by atoms with Crippen LogP contribution in [-0.2, 0) is 26.5 Å². The van der Waals surface area contributed by atoms with E-state index >= 15 is 0 Å². The average Bonchev–Trinajstić information content (AvgIpc) is 3.17. The van der Waals surface area contributed by atoms with Crippen LogP contribution >= 0.6 is 0 Å². The van der Waals surface area contributed by atoms with Gasteiger partial charge >= 0.3 is 0 Å². The zero-order chi connectivity index (χ0) is 23.6. The molecule has 0 amide bonds. The molecule has 184 valence electrons. The van der Waals surface area contributed by atoms with E-state index in [4.69, 9.17) is 9.47 Å². The lowest BCUT2D eigenvalue weighted by Gasteiger charge is -2.40. The number of nitrogens with zero attached hydrogens (tertiary/aromatic N) is 3. The Morgan fingerprint density at radius 2 is 2.00 bits per heavy atom. The second-order valence-corrected chi connectivity index (χ2v) is 11.3. The van der Waals surface area contributed by atoms with Crippen molar-refractivity contribution < 1.29 is 23.0 Å². The zero-order valence-corrected chi connectivity index (χ0v) is 20.5. The number of nitrogens with one attached hydrogen (secondary N) is 1. The van der Waals surface area contributed by atoms with E-state index in [1.54, 1.807) is 0 Å². The predicted molar refractivity (Wildman–Crippen MR) is 126 cm³/mol. The van der Waals surface area contributed by atoms with E-state index in [0.717, 1.165) is 31.2 Å². The Balaban J connectivity index is 1.32. The van der Waals surface area contributed by atoms with Crippen LogP contribution in [0.2, 0.25) is 0 Å². The van der Waals surface area contributed by atoms with E-state index in [-0.39, 0.29) is 18.1 Å². The van der Waals surface area contributed by atoms with Gasteiger partial charge in [-0.2, -0.15) is 5.10 Å². The molecule has 1 aliphatic heterocycles. The highest BCUT2D eigenvalue weighted by Gasteiger charge is 2.34. The van der Waals surface area contributed by atoms with Crippen molar-refractivity contribution in [2.75, 3.05) is 33.1 Å². The fraction of sp³-hybridized carbons (Fsp3) is 0.696. The Morgan fingerprint density at radius 3 is 2.70 bits per heavy atom. The molecule has 3 atom stereocenters. The van der Waals surface area contributed by atoms with Gasteiger partial charge in [0.05, 0.1) is 30.7 Å². The number of benzene rings is 1. The number of rotatable bonds is 8. The summed E-state index contributed by atoms with van der Waals surface area (Å²) in [6, 6.07) is 6.42. The van der Waals surface area contributed by atoms with E-state index in [1.165, 1.54) is 24.3 Å². The van der Waals surface area contributed by atoms with Gasteiger partial charge in [-0.15, -0.1) is 0 Å². The number of aryl methyl sites for hydroxylation is 1. The highest BCUT2D eigenvalue weighted by molar-refractivity contribution is 7.88. The van der Waals surface area contributed by atoms with Crippen LogP contribution in [-0.4, -0.2) is 79.8 Å². The lowest BCUT2D eigenvalue weighted by Crippen LogP contribution is -2.55. The number of aliphatic hydroxyl groups is 1. The molecule has 9 nitrogen and oxygen atoms in total. The van der Waals surface area contributed by atoms with Crippen LogP contribution in [0.25, 0.3) is 10.9 Å². The Kier molecular flexibility index (Phi) is 7.72. The number of fused-ring (bicyclic) bond motifs is 1. The molecular weight excluding hydrogens is 444 g/mol. The number of hydrogen-bond donors (Lipinski definition) is 2. The number of methoxy groups -OCH3 is 1. The van der Waals surface area contributed by atoms with Gasteiger partial charge in [0.1, 0.15) is 0 Å². The standard InChI is InChI=1S/C23H36N4O5S/c1-26-22-9-6-17(12-18(22)13-24-26)16-4-7-20(8-5-16)32-15-19-14-27(23(28)31-2)11-10-21(19)25-33(3,29)30/h6,9,12-13,16,19-21,23,25,28H,4-5,7-8,10-11,14-15H2,1-3H3/t16?,19-,20?,21-,23?/m0/s1. The summed E-state index contributed by atoms with van der Waals surface area (Å²) in [5, 5.41) is 15.6. The summed E-state index contributed by atoms with van der Waals surface area (Å²) in [5.74, 6) is 0.472. The number of likely N-dealkylation sites (tertiary alicyclic amines) is 1. The topological polar surface area (TPSA) is 106 Å². The number of ether oxygens (including phenoxy) is 2. The van der Waals surface area contributed by atoms with Crippen LogP contribution < -0.4 is 4.72 Å². The summed E-state index contributed by atoms with van der Waals surface area (Å²) in [5.41, 5.74) is 2.51. The van der Waals surface area contributed by atoms with Gasteiger partial charge in [-0.05, 0) is 55.7 Å². The van der Waals surface area contributed by atoms with Gasteiger partial charge in [-0.25, -0.2) is 13.1 Å². The van der Waals surface area contributed by atoms with Gasteiger partial charge in [0, 0.05) is 44.6 Å². The minimum atomic E-state index is -3.32. The number of piperidine rings is 1. The maximum Gasteiger partial charge on any atom is 0.215 e. The van der Waals surface area contributed by atoms with Crippen LogP contribution in [0.15, 0.2) is 24.4 Å². The second-order valence-electron chi connectivity index (χ2n) is 9.50. The predicted octanol–water partition coefficient (Wildman–Crippen LogP) is 1.78. The first-order valence-electron chi connectivity index (χ1n) is 11.7. The third-order valence-electron chi connectivity index (χ3n) is 7.12. The monoisotopic (exact) mass is 480 g/mol. The van der Waals surface area contributed by atoms with Crippen LogP contribution in [0, 0.1) is 5.92 Å². The molecule has 0 bridgehead atoms.